The van der Waals surface area contributed by atoms with Crippen LogP contribution in [-0.4, -0.2) is 20.7 Å². The van der Waals surface area contributed by atoms with Gasteiger partial charge in [-0.2, -0.15) is 23.5 Å². The standard InChI is InChI=1S/C54H76O4S2/c1-33(2)41-21-19-22-42(34(3)4)51(41)57-45-29-39(53(9,10)11)27-37(49(45)55)31-59-47-25-17-15-16-18-26-48(47)60-32-38-28-40(54(12,13)14)30-46(50(38)56)58-52-43(35(5)6)23-20-24-44(52)36(7)8/h19-24,27-30,33-36,47-48,55-56H,15-18,25-26,31-32H2,1-14H3/t47-,48?/m0/s1. The third-order valence-electron chi connectivity index (χ3n) is 12.2. The summed E-state index contributed by atoms with van der Waals surface area (Å²) in [5, 5.41) is 24.8. The maximum absolute atomic E-state index is 12.0. The quantitative estimate of drug-likeness (QED) is 0.132. The van der Waals surface area contributed by atoms with Crippen molar-refractivity contribution >= 4 is 23.5 Å². The number of rotatable bonds is 14. The first-order valence-corrected chi connectivity index (χ1v) is 24.8. The van der Waals surface area contributed by atoms with Crippen LogP contribution in [-0.2, 0) is 22.3 Å². The monoisotopic (exact) mass is 853 g/mol. The Morgan fingerprint density at radius 3 is 1.12 bits per heavy atom. The minimum atomic E-state index is -0.123. The Balaban J connectivity index is 1.45. The highest BCUT2D eigenvalue weighted by molar-refractivity contribution is 8.03. The molecule has 1 aliphatic rings. The molecule has 2 N–H and O–H groups in total. The van der Waals surface area contributed by atoms with Crippen LogP contribution in [0.3, 0.4) is 0 Å². The summed E-state index contributed by atoms with van der Waals surface area (Å²) in [4.78, 5) is 0. The van der Waals surface area contributed by atoms with Gasteiger partial charge >= 0.3 is 0 Å². The molecule has 1 saturated carbocycles. The highest BCUT2D eigenvalue weighted by Gasteiger charge is 2.29. The van der Waals surface area contributed by atoms with Crippen LogP contribution in [0.5, 0.6) is 34.5 Å². The van der Waals surface area contributed by atoms with Crippen LogP contribution in [0.25, 0.3) is 0 Å². The van der Waals surface area contributed by atoms with Crippen molar-refractivity contribution < 1.29 is 19.7 Å². The summed E-state index contributed by atoms with van der Waals surface area (Å²) in [6.07, 6.45) is 7.20. The lowest BCUT2D eigenvalue weighted by Crippen LogP contribution is -2.22. The van der Waals surface area contributed by atoms with Gasteiger partial charge in [0.2, 0.25) is 0 Å². The fourth-order valence-electron chi connectivity index (χ4n) is 8.19. The Morgan fingerprint density at radius 1 is 0.517 bits per heavy atom. The third kappa shape index (κ3) is 11.8. The lowest BCUT2D eigenvalue weighted by atomic mass is 9.86. The first-order valence-electron chi connectivity index (χ1n) is 22.7. The predicted molar refractivity (Wildman–Crippen MR) is 261 cm³/mol. The number of ether oxygens (including phenoxy) is 2. The molecule has 0 spiro atoms. The van der Waals surface area contributed by atoms with Gasteiger partial charge in [0, 0.05) is 33.1 Å². The van der Waals surface area contributed by atoms with Gasteiger partial charge in [0.05, 0.1) is 0 Å². The van der Waals surface area contributed by atoms with Crippen molar-refractivity contribution in [2.24, 2.45) is 0 Å². The lowest BCUT2D eigenvalue weighted by Gasteiger charge is -2.30. The van der Waals surface area contributed by atoms with Gasteiger partial charge in [-0.15, -0.1) is 0 Å². The van der Waals surface area contributed by atoms with Gasteiger partial charge in [-0.05, 0) is 92.9 Å². The van der Waals surface area contributed by atoms with E-state index in [1.54, 1.807) is 0 Å². The normalized spacial score (nSPS) is 16.8. The van der Waals surface area contributed by atoms with Crippen molar-refractivity contribution in [2.75, 3.05) is 0 Å². The molecule has 0 radical (unpaired) electrons. The molecule has 4 nitrogen and oxygen atoms in total. The molecule has 328 valence electrons. The first-order chi connectivity index (χ1) is 28.2. The van der Waals surface area contributed by atoms with Crippen LogP contribution >= 0.6 is 23.5 Å². The number of hydrogen-bond donors (Lipinski definition) is 2. The van der Waals surface area contributed by atoms with E-state index in [2.05, 4.69) is 158 Å². The molecule has 0 amide bonds. The molecule has 4 aromatic carbocycles. The zero-order valence-electron chi connectivity index (χ0n) is 39.4. The van der Waals surface area contributed by atoms with Crippen molar-refractivity contribution in [1.29, 1.82) is 0 Å². The summed E-state index contributed by atoms with van der Waals surface area (Å²) in [7, 11) is 0. The van der Waals surface area contributed by atoms with Gasteiger partial charge in [0.15, 0.2) is 23.0 Å². The fraction of sp³-hybridized carbons (Fsp3) is 0.556. The van der Waals surface area contributed by atoms with E-state index in [9.17, 15) is 10.2 Å². The molecule has 4 aromatic rings. The van der Waals surface area contributed by atoms with Crippen LogP contribution in [0.1, 0.15) is 204 Å². The Bertz CT molecular complexity index is 1850. The molecule has 1 unspecified atom stereocenters. The van der Waals surface area contributed by atoms with Gasteiger partial charge in [-0.1, -0.05) is 171 Å². The largest absolute Gasteiger partial charge is 0.504 e. The van der Waals surface area contributed by atoms with Crippen molar-refractivity contribution in [3.63, 3.8) is 0 Å². The van der Waals surface area contributed by atoms with Gasteiger partial charge < -0.3 is 19.7 Å². The predicted octanol–water partition coefficient (Wildman–Crippen LogP) is 17.0. The fourth-order valence-corrected chi connectivity index (χ4v) is 11.3. The number of para-hydroxylation sites is 2. The van der Waals surface area contributed by atoms with Crippen LogP contribution in [0, 0.1) is 0 Å². The number of phenolic OH excluding ortho intramolecular Hbond substituents is 2. The van der Waals surface area contributed by atoms with E-state index in [1.165, 1.54) is 25.7 Å². The van der Waals surface area contributed by atoms with E-state index in [0.29, 0.717) is 33.5 Å². The molecule has 0 saturated heterocycles. The van der Waals surface area contributed by atoms with Crippen molar-refractivity contribution in [3.05, 3.63) is 105 Å². The number of phenols is 2. The molecular weight excluding hydrogens is 777 g/mol. The van der Waals surface area contributed by atoms with Crippen LogP contribution in [0.2, 0.25) is 0 Å². The zero-order valence-corrected chi connectivity index (χ0v) is 41.1. The van der Waals surface area contributed by atoms with E-state index in [4.69, 9.17) is 9.47 Å². The molecule has 1 fully saturated rings. The summed E-state index contributed by atoms with van der Waals surface area (Å²) >= 11 is 3.96. The molecule has 0 aromatic heterocycles. The number of aromatic hydroxyl groups is 2. The Hall–Kier alpha value is -3.22. The van der Waals surface area contributed by atoms with E-state index >= 15 is 0 Å². The van der Waals surface area contributed by atoms with Crippen LogP contribution < -0.4 is 9.47 Å². The zero-order chi connectivity index (χ0) is 44.1. The van der Waals surface area contributed by atoms with Gasteiger partial charge in [0.1, 0.15) is 11.5 Å². The van der Waals surface area contributed by atoms with E-state index in [0.717, 1.165) is 68.8 Å². The smallest absolute Gasteiger partial charge is 0.169 e. The van der Waals surface area contributed by atoms with Crippen molar-refractivity contribution in [1.82, 2.24) is 0 Å². The highest BCUT2D eigenvalue weighted by Crippen LogP contribution is 2.48. The highest BCUT2D eigenvalue weighted by atomic mass is 32.2. The minimum Gasteiger partial charge on any atom is -0.504 e. The topological polar surface area (TPSA) is 58.9 Å². The molecule has 0 heterocycles. The molecule has 5 rings (SSSR count). The van der Waals surface area contributed by atoms with Crippen LogP contribution in [0.15, 0.2) is 60.7 Å². The maximum atomic E-state index is 12.0. The summed E-state index contributed by atoms with van der Waals surface area (Å²) in [6.45, 7) is 31.0. The Labute approximate surface area is 373 Å². The second-order valence-corrected chi connectivity index (χ2v) is 23.0. The summed E-state index contributed by atoms with van der Waals surface area (Å²) in [5.41, 5.74) is 8.57. The second kappa shape index (κ2) is 20.3. The summed E-state index contributed by atoms with van der Waals surface area (Å²) < 4.78 is 13.7. The Kier molecular flexibility index (Phi) is 16.2. The minimum absolute atomic E-state index is 0.123. The van der Waals surface area contributed by atoms with Gasteiger partial charge in [-0.25, -0.2) is 0 Å². The average molecular weight is 853 g/mol. The molecule has 60 heavy (non-hydrogen) atoms. The first kappa shape index (κ1) is 47.8. The number of hydrogen-bond acceptors (Lipinski definition) is 6. The molecule has 0 aliphatic heterocycles. The Morgan fingerprint density at radius 2 is 0.833 bits per heavy atom. The third-order valence-corrected chi connectivity index (χ3v) is 15.3. The molecule has 1 aliphatic carbocycles. The maximum Gasteiger partial charge on any atom is 0.169 e. The van der Waals surface area contributed by atoms with Gasteiger partial charge in [-0.3, -0.25) is 0 Å². The summed E-state index contributed by atoms with van der Waals surface area (Å²) in [5.74, 6) is 5.86. The summed E-state index contributed by atoms with van der Waals surface area (Å²) in [6, 6.07) is 21.4. The molecular formula is C54H76O4S2. The van der Waals surface area contributed by atoms with E-state index in [1.807, 2.05) is 23.5 Å². The van der Waals surface area contributed by atoms with Crippen molar-refractivity contribution in [2.45, 2.75) is 192 Å². The average Bonchev–Trinajstić information content (AvgIpc) is 3.15. The van der Waals surface area contributed by atoms with E-state index in [-0.39, 0.29) is 46.0 Å². The molecule has 6 heteroatoms. The SMILES string of the molecule is CC(C)c1cccc(C(C)C)c1Oc1cc(C(C)(C)C)cc(CSC2CCCCCC[C@@H]2SCc2cc(C(C)(C)C)cc(Oc3c(C(C)C)cccc3C(C)C)c2O)c1O. The van der Waals surface area contributed by atoms with E-state index < -0.39 is 0 Å². The van der Waals surface area contributed by atoms with Gasteiger partial charge in [0.25, 0.3) is 0 Å². The van der Waals surface area contributed by atoms with Crippen molar-refractivity contribution in [3.8, 4) is 34.5 Å². The second-order valence-electron chi connectivity index (χ2n) is 20.5. The lowest BCUT2D eigenvalue weighted by molar-refractivity contribution is 0.399. The number of benzene rings is 4. The molecule has 2 atom stereocenters. The molecule has 0 bridgehead atoms. The van der Waals surface area contributed by atoms with Crippen LogP contribution in [0.4, 0.5) is 0 Å². The number of thioether (sulfide) groups is 2.